The number of aryl methyl sites for hydroxylation is 2. The Balaban J connectivity index is 0.819. The van der Waals surface area contributed by atoms with Crippen molar-refractivity contribution in [3.8, 4) is 28.1 Å². The Kier molecular flexibility index (Phi) is 9.71. The summed E-state index contributed by atoms with van der Waals surface area (Å²) in [5.74, 6) is -0.377. The molecule has 2 N–H and O–H groups in total. The molecule has 1 fully saturated rings. The molecule has 4 aromatic heterocycles. The van der Waals surface area contributed by atoms with Gasteiger partial charge in [-0.3, -0.25) is 24.7 Å². The van der Waals surface area contributed by atoms with E-state index in [1.54, 1.807) is 18.6 Å². The van der Waals surface area contributed by atoms with Crippen LogP contribution in [0.2, 0.25) is 0 Å². The molecule has 0 saturated carbocycles. The van der Waals surface area contributed by atoms with E-state index in [4.69, 9.17) is 5.10 Å². The maximum Gasteiger partial charge on any atom is 0.249 e. The van der Waals surface area contributed by atoms with Crippen LogP contribution in [-0.4, -0.2) is 52.8 Å². The summed E-state index contributed by atoms with van der Waals surface area (Å²) < 4.78 is 3.84. The first-order chi connectivity index (χ1) is 27.9. The van der Waals surface area contributed by atoms with Crippen LogP contribution in [0.4, 0.5) is 0 Å². The zero-order valence-corrected chi connectivity index (χ0v) is 31.4. The third kappa shape index (κ3) is 7.01. The van der Waals surface area contributed by atoms with E-state index in [0.717, 1.165) is 112 Å². The highest BCUT2D eigenvalue weighted by Gasteiger charge is 2.31. The minimum absolute atomic E-state index is 0.135. The van der Waals surface area contributed by atoms with Crippen LogP contribution in [0.3, 0.4) is 0 Å². The van der Waals surface area contributed by atoms with Gasteiger partial charge in [-0.05, 0) is 116 Å². The summed E-state index contributed by atoms with van der Waals surface area (Å²) >= 11 is 0. The highest BCUT2D eigenvalue weighted by atomic mass is 16.4. The van der Waals surface area contributed by atoms with Crippen LogP contribution in [-0.2, 0) is 22.4 Å². The van der Waals surface area contributed by atoms with Crippen molar-refractivity contribution >= 4 is 45.2 Å². The van der Waals surface area contributed by atoms with Gasteiger partial charge in [0, 0.05) is 70.7 Å². The molecule has 2 amide bonds. The van der Waals surface area contributed by atoms with E-state index in [0.29, 0.717) is 24.8 Å². The van der Waals surface area contributed by atoms with Crippen LogP contribution in [0.1, 0.15) is 84.5 Å². The number of rotatable bonds is 12. The van der Waals surface area contributed by atoms with E-state index in [1.165, 1.54) is 5.56 Å². The number of amides is 2. The quantitative estimate of drug-likeness (QED) is 0.0418. The van der Waals surface area contributed by atoms with Crippen molar-refractivity contribution in [3.63, 3.8) is 0 Å². The number of pyridine rings is 2. The molecule has 1 saturated heterocycles. The Hall–Kier alpha value is -6.75. The number of oxime groups is 1. The standard InChI is InChI=1S/C46H41N7O4/c54-42(8-4-2-1-3-6-29-9-18-40-37(26-29)36-7-5-23-48-45(36)53(40)41-19-20-43(55)49-46(41)56)30-10-14-34(15-11-30)52-28-38(44(50-52)31-21-24-47-25-22-31)33-12-16-35-32(27-33)13-17-39(35)51-57/h5,7,9-12,14-16,18,21-28,41,57H,1-4,6,8,13,17,19-20H2,(H,49,55,56)/b51-39+. The molecule has 1 unspecified atom stereocenters. The van der Waals surface area contributed by atoms with Gasteiger partial charge in [0.15, 0.2) is 5.78 Å². The number of carbonyl (C=O) groups excluding carboxylic acids is 3. The monoisotopic (exact) mass is 755 g/mol. The van der Waals surface area contributed by atoms with Gasteiger partial charge in [-0.2, -0.15) is 5.10 Å². The second-order valence-electron chi connectivity index (χ2n) is 14.9. The summed E-state index contributed by atoms with van der Waals surface area (Å²) in [6, 6.07) is 27.7. The molecule has 0 spiro atoms. The zero-order chi connectivity index (χ0) is 38.9. The van der Waals surface area contributed by atoms with Crippen LogP contribution in [0, 0.1) is 0 Å². The number of ketones is 1. The first-order valence-corrected chi connectivity index (χ1v) is 19.6. The van der Waals surface area contributed by atoms with Crippen LogP contribution in [0.15, 0.2) is 115 Å². The maximum atomic E-state index is 13.2. The Morgan fingerprint density at radius 1 is 0.825 bits per heavy atom. The lowest BCUT2D eigenvalue weighted by molar-refractivity contribution is -0.135. The summed E-state index contributed by atoms with van der Waals surface area (Å²) in [5, 5.41) is 22.4. The third-order valence-corrected chi connectivity index (χ3v) is 11.4. The maximum absolute atomic E-state index is 13.2. The average Bonchev–Trinajstić information content (AvgIpc) is 3.96. The number of unbranched alkanes of at least 4 members (excludes halogenated alkanes) is 3. The second-order valence-corrected chi connectivity index (χ2v) is 14.9. The molecule has 0 radical (unpaired) electrons. The fourth-order valence-corrected chi connectivity index (χ4v) is 8.42. The molecule has 11 heteroatoms. The highest BCUT2D eigenvalue weighted by Crippen LogP contribution is 2.36. The first-order valence-electron chi connectivity index (χ1n) is 19.6. The fourth-order valence-electron chi connectivity index (χ4n) is 8.42. The number of fused-ring (bicyclic) bond motifs is 4. The fraction of sp³-hybridized carbons (Fsp3) is 0.239. The van der Waals surface area contributed by atoms with Gasteiger partial charge in [-0.1, -0.05) is 42.3 Å². The predicted molar refractivity (Wildman–Crippen MR) is 219 cm³/mol. The Morgan fingerprint density at radius 2 is 1.67 bits per heavy atom. The van der Waals surface area contributed by atoms with Gasteiger partial charge in [0.1, 0.15) is 17.4 Å². The van der Waals surface area contributed by atoms with Crippen LogP contribution in [0.25, 0.3) is 50.0 Å². The van der Waals surface area contributed by atoms with Gasteiger partial charge >= 0.3 is 0 Å². The minimum Gasteiger partial charge on any atom is -0.411 e. The molecule has 5 heterocycles. The van der Waals surface area contributed by atoms with E-state index in [9.17, 15) is 19.6 Å². The SMILES string of the molecule is O=C1CCC(n2c3ccc(CCCCCCC(=O)c4ccc(-n5cc(-c6ccc7c(c6)CC/C7=N\O)c(-c6ccncc6)n5)cc4)cc3c3cccnc32)C(=O)N1. The summed E-state index contributed by atoms with van der Waals surface area (Å²) in [5.41, 5.74) is 11.1. The van der Waals surface area contributed by atoms with Crippen molar-refractivity contribution < 1.29 is 19.6 Å². The molecular formula is C46H41N7O4. The van der Waals surface area contributed by atoms with E-state index in [1.807, 2.05) is 76.1 Å². The Morgan fingerprint density at radius 3 is 2.49 bits per heavy atom. The summed E-state index contributed by atoms with van der Waals surface area (Å²) in [7, 11) is 0. The average molecular weight is 756 g/mol. The number of carbonyl (C=O) groups is 3. The predicted octanol–water partition coefficient (Wildman–Crippen LogP) is 8.58. The number of piperidine rings is 1. The lowest BCUT2D eigenvalue weighted by Gasteiger charge is -2.23. The minimum atomic E-state index is -0.472. The zero-order valence-electron chi connectivity index (χ0n) is 31.4. The molecule has 0 bridgehead atoms. The van der Waals surface area contributed by atoms with Crippen LogP contribution in [0.5, 0.6) is 0 Å². The smallest absolute Gasteiger partial charge is 0.249 e. The lowest BCUT2D eigenvalue weighted by atomic mass is 9.98. The van der Waals surface area contributed by atoms with Gasteiger partial charge in [-0.25, -0.2) is 9.67 Å². The lowest BCUT2D eigenvalue weighted by Crippen LogP contribution is -2.41. The van der Waals surface area contributed by atoms with Gasteiger partial charge in [0.25, 0.3) is 0 Å². The molecule has 3 aromatic carbocycles. The molecule has 1 aliphatic carbocycles. The number of nitrogens with one attached hydrogen (secondary N) is 1. The Labute approximate surface area is 329 Å². The normalized spacial score (nSPS) is 16.1. The number of benzene rings is 3. The molecule has 2 aliphatic rings. The second kappa shape index (κ2) is 15.4. The van der Waals surface area contributed by atoms with E-state index in [-0.39, 0.29) is 17.6 Å². The number of aromatic nitrogens is 5. The topological polar surface area (TPSA) is 144 Å². The summed E-state index contributed by atoms with van der Waals surface area (Å²) in [6.45, 7) is 0. The van der Waals surface area contributed by atoms with Gasteiger partial charge in [-0.15, -0.1) is 0 Å². The largest absolute Gasteiger partial charge is 0.411 e. The molecule has 7 aromatic rings. The molecule has 57 heavy (non-hydrogen) atoms. The van der Waals surface area contributed by atoms with E-state index < -0.39 is 6.04 Å². The summed E-state index contributed by atoms with van der Waals surface area (Å²) in [4.78, 5) is 46.6. The highest BCUT2D eigenvalue weighted by molar-refractivity contribution is 6.09. The van der Waals surface area contributed by atoms with Crippen molar-refractivity contribution in [1.29, 1.82) is 0 Å². The van der Waals surface area contributed by atoms with Crippen molar-refractivity contribution in [2.45, 2.75) is 70.3 Å². The van der Waals surface area contributed by atoms with Gasteiger partial charge in [0.2, 0.25) is 11.8 Å². The van der Waals surface area contributed by atoms with Crippen molar-refractivity contribution in [1.82, 2.24) is 29.6 Å². The van der Waals surface area contributed by atoms with E-state index in [2.05, 4.69) is 44.7 Å². The van der Waals surface area contributed by atoms with Gasteiger partial charge < -0.3 is 9.77 Å². The van der Waals surface area contributed by atoms with Crippen molar-refractivity contribution in [3.05, 3.63) is 132 Å². The summed E-state index contributed by atoms with van der Waals surface area (Å²) in [6.07, 6.45) is 14.8. The number of imide groups is 1. The number of hydrogen-bond donors (Lipinski definition) is 2. The molecule has 9 rings (SSSR count). The van der Waals surface area contributed by atoms with Crippen molar-refractivity contribution in [2.24, 2.45) is 5.16 Å². The molecule has 284 valence electrons. The van der Waals surface area contributed by atoms with Crippen LogP contribution >= 0.6 is 0 Å². The third-order valence-electron chi connectivity index (χ3n) is 11.4. The molecular weight excluding hydrogens is 715 g/mol. The van der Waals surface area contributed by atoms with Gasteiger partial charge in [0.05, 0.1) is 16.9 Å². The number of hydrogen-bond acceptors (Lipinski definition) is 8. The molecule has 1 aliphatic heterocycles. The van der Waals surface area contributed by atoms with Crippen LogP contribution < -0.4 is 5.32 Å². The van der Waals surface area contributed by atoms with E-state index >= 15 is 0 Å². The van der Waals surface area contributed by atoms with Crippen molar-refractivity contribution in [2.75, 3.05) is 0 Å². The number of Topliss-reactive ketones (excluding diaryl/α,β-unsaturated/α-hetero) is 1. The molecule has 11 nitrogen and oxygen atoms in total. The molecule has 1 atom stereocenters. The Bertz CT molecular complexity index is 2700. The first kappa shape index (κ1) is 35.9. The number of nitrogens with zero attached hydrogens (tertiary/aromatic N) is 6.